The Labute approximate surface area is 384 Å². The number of hydrogen-bond acceptors (Lipinski definition) is 12. The van der Waals surface area contributed by atoms with E-state index in [4.69, 9.17) is 24.4 Å². The molecule has 7 heterocycles. The highest BCUT2D eigenvalue weighted by molar-refractivity contribution is 7.90. The number of alkyl halides is 4. The van der Waals surface area contributed by atoms with Crippen molar-refractivity contribution in [2.75, 3.05) is 50.9 Å². The van der Waals surface area contributed by atoms with Crippen LogP contribution in [0.3, 0.4) is 0 Å². The first-order chi connectivity index (χ1) is 31.1. The van der Waals surface area contributed by atoms with Crippen LogP contribution in [0.25, 0.3) is 53.2 Å². The van der Waals surface area contributed by atoms with Gasteiger partial charge in [-0.2, -0.15) is 36.7 Å². The summed E-state index contributed by atoms with van der Waals surface area (Å²) in [6.45, 7) is 16.5. The molecular weight excluding hydrogens is 918 g/mol. The fraction of sp³-hybridized carbons (Fsp3) is 0.522. The quantitative estimate of drug-likeness (QED) is 0.0844. The third-order valence-corrected chi connectivity index (χ3v) is 22.7. The van der Waals surface area contributed by atoms with Crippen LogP contribution in [-0.4, -0.2) is 119 Å². The Morgan fingerprint density at radius 3 is 2.52 bits per heavy atom. The van der Waals surface area contributed by atoms with Gasteiger partial charge in [-0.15, -0.1) is 21.0 Å². The van der Waals surface area contributed by atoms with Crippen molar-refractivity contribution in [3.05, 3.63) is 48.0 Å². The second kappa shape index (κ2) is 16.6. The smallest absolute Gasteiger partial charge is 0.461 e. The molecule has 0 unspecified atom stereocenters. The SMILES string of the molecule is CC(C)[Si](C#Cc1c(F)ccc2cc3c(cnn3S(=O)(=O)C(F)(F)F)c(-c3nccc4c3sc3nc(OC[C@@]56CCCN5C[C@H](F)C6)nc(N5CCOC[C@@](C)(O)C5)c34)c12)(C(C)C)C(C)C. The molecular formula is C46H52F5N7O5S2Si. The summed E-state index contributed by atoms with van der Waals surface area (Å²) in [7, 11) is -8.51. The number of ether oxygens (including phenoxy) is 2. The summed E-state index contributed by atoms with van der Waals surface area (Å²) in [6, 6.07) is 5.62. The van der Waals surface area contributed by atoms with Crippen LogP contribution >= 0.6 is 11.3 Å². The van der Waals surface area contributed by atoms with Crippen molar-refractivity contribution in [3.8, 4) is 28.7 Å². The molecule has 4 aromatic heterocycles. The number of nitrogens with zero attached hydrogens (tertiary/aromatic N) is 7. The van der Waals surface area contributed by atoms with Gasteiger partial charge in [0.05, 0.1) is 58.4 Å². The van der Waals surface area contributed by atoms with E-state index < -0.39 is 46.7 Å². The van der Waals surface area contributed by atoms with Crippen molar-refractivity contribution in [3.63, 3.8) is 0 Å². The lowest BCUT2D eigenvalue weighted by molar-refractivity contribution is -0.0448. The number of fused-ring (bicyclic) bond motifs is 6. The number of rotatable bonds is 9. The first kappa shape index (κ1) is 46.6. The fourth-order valence-electron chi connectivity index (χ4n) is 11.1. The number of aromatic nitrogens is 5. The fourth-order valence-corrected chi connectivity index (χ4v) is 18.2. The molecule has 3 aliphatic rings. The zero-order chi connectivity index (χ0) is 47.3. The zero-order valence-corrected chi connectivity index (χ0v) is 40.4. The molecule has 3 atom stereocenters. The average Bonchev–Trinajstić information content (AvgIpc) is 3.98. The molecule has 0 spiro atoms. The molecule has 20 heteroatoms. The number of pyridine rings is 1. The maximum atomic E-state index is 16.6. The van der Waals surface area contributed by atoms with Gasteiger partial charge in [-0.05, 0) is 66.5 Å². The molecule has 66 heavy (non-hydrogen) atoms. The number of hydrogen-bond donors (Lipinski definition) is 1. The first-order valence-electron chi connectivity index (χ1n) is 22.2. The van der Waals surface area contributed by atoms with Gasteiger partial charge in [0.2, 0.25) is 0 Å². The van der Waals surface area contributed by atoms with Crippen molar-refractivity contribution >= 4 is 77.2 Å². The van der Waals surface area contributed by atoms with Gasteiger partial charge in [0, 0.05) is 47.4 Å². The number of benzene rings is 2. The molecule has 1 N–H and O–H groups in total. The van der Waals surface area contributed by atoms with Crippen LogP contribution < -0.4 is 9.64 Å². The van der Waals surface area contributed by atoms with Gasteiger partial charge in [-0.1, -0.05) is 53.5 Å². The number of β-amino-alcohol motifs (C(OH)–C–C–N with tert-alkyl or cyclic N) is 1. The molecule has 0 amide bonds. The lowest BCUT2D eigenvalue weighted by Gasteiger charge is -2.38. The second-order valence-corrected chi connectivity index (χ2v) is 27.6. The molecule has 352 valence electrons. The molecule has 2 aromatic carbocycles. The van der Waals surface area contributed by atoms with Gasteiger partial charge in [0.25, 0.3) is 0 Å². The lowest BCUT2D eigenvalue weighted by Crippen LogP contribution is -2.43. The molecule has 3 saturated heterocycles. The minimum atomic E-state index is -6.02. The van der Waals surface area contributed by atoms with Crippen LogP contribution in [0.15, 0.2) is 36.7 Å². The number of thiophene rings is 1. The monoisotopic (exact) mass is 969 g/mol. The summed E-state index contributed by atoms with van der Waals surface area (Å²) >= 11 is 1.20. The average molecular weight is 970 g/mol. The van der Waals surface area contributed by atoms with Crippen LogP contribution in [0.1, 0.15) is 73.3 Å². The van der Waals surface area contributed by atoms with E-state index in [1.165, 1.54) is 35.7 Å². The topological polar surface area (TPSA) is 136 Å². The van der Waals surface area contributed by atoms with E-state index in [9.17, 15) is 31.1 Å². The summed E-state index contributed by atoms with van der Waals surface area (Å²) in [6.07, 6.45) is 3.57. The zero-order valence-electron chi connectivity index (χ0n) is 37.8. The van der Waals surface area contributed by atoms with Crippen LogP contribution in [0.5, 0.6) is 6.01 Å². The van der Waals surface area contributed by atoms with E-state index in [-0.39, 0.29) is 91.6 Å². The first-order valence-corrected chi connectivity index (χ1v) is 26.7. The molecule has 0 bridgehead atoms. The molecule has 12 nitrogen and oxygen atoms in total. The Morgan fingerprint density at radius 2 is 1.80 bits per heavy atom. The van der Waals surface area contributed by atoms with Gasteiger partial charge >= 0.3 is 21.5 Å². The van der Waals surface area contributed by atoms with Crippen LogP contribution in [0, 0.1) is 17.3 Å². The summed E-state index contributed by atoms with van der Waals surface area (Å²) in [5.74, 6) is 3.01. The largest absolute Gasteiger partial charge is 0.518 e. The Kier molecular flexibility index (Phi) is 11.7. The van der Waals surface area contributed by atoms with Crippen molar-refractivity contribution in [2.24, 2.45) is 0 Å². The third kappa shape index (κ3) is 7.61. The molecule has 0 aliphatic carbocycles. The van der Waals surface area contributed by atoms with Gasteiger partial charge < -0.3 is 19.5 Å². The van der Waals surface area contributed by atoms with Gasteiger partial charge in [-0.25, -0.2) is 8.78 Å². The van der Waals surface area contributed by atoms with Crippen molar-refractivity contribution in [2.45, 2.75) is 107 Å². The predicted molar refractivity (Wildman–Crippen MR) is 249 cm³/mol. The number of halogens is 5. The predicted octanol–water partition coefficient (Wildman–Crippen LogP) is 9.36. The Balaban J connectivity index is 1.34. The minimum Gasteiger partial charge on any atom is -0.461 e. The highest BCUT2D eigenvalue weighted by Crippen LogP contribution is 2.48. The Bertz CT molecular complexity index is 3050. The normalized spacial score (nSPS) is 22.4. The van der Waals surface area contributed by atoms with Gasteiger partial charge in [0.15, 0.2) is 0 Å². The molecule has 3 aliphatic heterocycles. The highest BCUT2D eigenvalue weighted by Gasteiger charge is 2.50. The molecule has 6 aromatic rings. The van der Waals surface area contributed by atoms with E-state index in [1.54, 1.807) is 13.0 Å². The van der Waals surface area contributed by atoms with Gasteiger partial charge in [0.1, 0.15) is 42.9 Å². The van der Waals surface area contributed by atoms with Crippen LogP contribution in [0.4, 0.5) is 27.8 Å². The Morgan fingerprint density at radius 1 is 1.06 bits per heavy atom. The summed E-state index contributed by atoms with van der Waals surface area (Å²) in [5.41, 5.74) is -3.36. The minimum absolute atomic E-state index is 0.000274. The molecule has 0 radical (unpaired) electrons. The van der Waals surface area contributed by atoms with Crippen LogP contribution in [0.2, 0.25) is 16.6 Å². The third-order valence-electron chi connectivity index (χ3n) is 14.0. The van der Waals surface area contributed by atoms with E-state index in [0.717, 1.165) is 25.6 Å². The lowest BCUT2D eigenvalue weighted by atomic mass is 9.93. The van der Waals surface area contributed by atoms with Crippen LogP contribution in [-0.2, 0) is 14.8 Å². The molecule has 9 rings (SSSR count). The standard InChI is InChI=1S/C46H52F5N7O5S2Si/c1-26(2)66(27(3)4,28(5)6)18-12-31-34(48)10-9-29-19-35-33(21-53-58(35)65(60,61)46(49,50)51)37(36(29)31)39-40-32(11-14-52-39)38-41(56-16-17-62-24-44(7,59)23-56)54-43(55-42(38)64-40)63-25-45-13-8-15-57(45)22-30(47)20-45/h9-11,14,19,21,26-28,30,59H,8,13,15-17,20,22-25H2,1-7H3/t30-,44+,45+/m1/s1. The maximum Gasteiger partial charge on any atom is 0.518 e. The molecule has 0 saturated carbocycles. The summed E-state index contributed by atoms with van der Waals surface area (Å²) in [4.78, 5) is 19.2. The number of aliphatic hydroxyl groups is 1. The van der Waals surface area contributed by atoms with Gasteiger partial charge in [-0.3, -0.25) is 9.88 Å². The highest BCUT2D eigenvalue weighted by atomic mass is 32.2. The van der Waals surface area contributed by atoms with Crippen molar-refractivity contribution in [1.29, 1.82) is 0 Å². The van der Waals surface area contributed by atoms with E-state index >= 15 is 4.39 Å². The maximum absolute atomic E-state index is 16.6. The van der Waals surface area contributed by atoms with Crippen molar-refractivity contribution < 1.29 is 45.0 Å². The summed E-state index contributed by atoms with van der Waals surface area (Å²) < 4.78 is 113. The summed E-state index contributed by atoms with van der Waals surface area (Å²) in [5, 5.41) is 16.7. The Hall–Kier alpha value is -4.52. The van der Waals surface area contributed by atoms with E-state index in [1.807, 2.05) is 4.90 Å². The molecule has 3 fully saturated rings. The van der Waals surface area contributed by atoms with E-state index in [2.05, 4.69) is 63.0 Å². The second-order valence-electron chi connectivity index (χ2n) is 19.3. The van der Waals surface area contributed by atoms with Crippen molar-refractivity contribution in [1.82, 2.24) is 29.0 Å². The number of anilines is 1. The van der Waals surface area contributed by atoms with E-state index in [0.29, 0.717) is 45.6 Å².